The number of hydrogen-bond donors (Lipinski definition) is 3. The maximum Gasteiger partial charge on any atom is 0.231 e. The van der Waals surface area contributed by atoms with Crippen LogP contribution in [0.25, 0.3) is 0 Å². The van der Waals surface area contributed by atoms with Crippen LogP contribution in [0.1, 0.15) is 5.56 Å². The summed E-state index contributed by atoms with van der Waals surface area (Å²) >= 11 is 0. The van der Waals surface area contributed by atoms with Crippen LogP contribution < -0.4 is 11.5 Å². The molecule has 0 spiro atoms. The maximum absolute atomic E-state index is 10.6. The van der Waals surface area contributed by atoms with E-state index in [9.17, 15) is 9.90 Å². The minimum Gasteiger partial charge on any atom is -0.506 e. The second-order valence-electron chi connectivity index (χ2n) is 3.53. The molecule has 0 atom stereocenters. The topological polar surface area (TPSA) is 92.6 Å². The first-order chi connectivity index (χ1) is 6.99. The summed E-state index contributed by atoms with van der Waals surface area (Å²) in [6.45, 7) is 0.758. The van der Waals surface area contributed by atoms with Gasteiger partial charge in [0.2, 0.25) is 5.91 Å². The Morgan fingerprint density at radius 1 is 1.53 bits per heavy atom. The van der Waals surface area contributed by atoms with Crippen LogP contribution in [0.4, 0.5) is 5.69 Å². The fourth-order valence-corrected chi connectivity index (χ4v) is 1.34. The number of amides is 1. The van der Waals surface area contributed by atoms with E-state index >= 15 is 0 Å². The predicted octanol–water partition coefficient (Wildman–Crippen LogP) is -0.109. The number of aromatic hydroxyl groups is 1. The van der Waals surface area contributed by atoms with Crippen LogP contribution in [0, 0.1) is 0 Å². The minimum absolute atomic E-state index is 0.0660. The molecule has 0 aliphatic carbocycles. The van der Waals surface area contributed by atoms with Gasteiger partial charge in [0.15, 0.2) is 0 Å². The largest absolute Gasteiger partial charge is 0.506 e. The van der Waals surface area contributed by atoms with Gasteiger partial charge in [0, 0.05) is 6.54 Å². The Morgan fingerprint density at radius 3 is 2.73 bits per heavy atom. The van der Waals surface area contributed by atoms with Gasteiger partial charge in [-0.15, -0.1) is 0 Å². The molecule has 1 aromatic rings. The van der Waals surface area contributed by atoms with E-state index < -0.39 is 0 Å². The highest BCUT2D eigenvalue weighted by Crippen LogP contribution is 2.20. The van der Waals surface area contributed by atoms with Crippen LogP contribution in [0.15, 0.2) is 18.2 Å². The number of carbonyl (C=O) groups excluding carboxylic acids is 1. The van der Waals surface area contributed by atoms with Crippen LogP contribution in [-0.2, 0) is 11.3 Å². The number of nitrogen functional groups attached to an aromatic ring is 1. The standard InChI is InChI=1S/C10H15N3O2/c1-13(6-10(12)15)5-7-2-3-9(14)8(11)4-7/h2-4,14H,5-6,11H2,1H3,(H2,12,15). The van der Waals surface area contributed by atoms with Crippen molar-refractivity contribution in [3.05, 3.63) is 23.8 Å². The van der Waals surface area contributed by atoms with Crippen LogP contribution in [0.3, 0.4) is 0 Å². The fraction of sp³-hybridized carbons (Fsp3) is 0.300. The van der Waals surface area contributed by atoms with Crippen molar-refractivity contribution in [1.29, 1.82) is 0 Å². The highest BCUT2D eigenvalue weighted by atomic mass is 16.3. The molecule has 1 amide bonds. The number of carbonyl (C=O) groups is 1. The number of phenolic OH excluding ortho intramolecular Hbond substituents is 1. The Balaban J connectivity index is 2.64. The zero-order valence-electron chi connectivity index (χ0n) is 8.60. The van der Waals surface area contributed by atoms with Gasteiger partial charge in [-0.1, -0.05) is 6.07 Å². The van der Waals surface area contributed by atoms with Crippen molar-refractivity contribution < 1.29 is 9.90 Å². The first-order valence-electron chi connectivity index (χ1n) is 4.53. The zero-order valence-corrected chi connectivity index (χ0v) is 8.60. The number of rotatable bonds is 4. The summed E-state index contributed by atoms with van der Waals surface area (Å²) in [6, 6.07) is 4.96. The molecule has 0 fully saturated rings. The molecular formula is C10H15N3O2. The normalized spacial score (nSPS) is 10.5. The molecule has 0 bridgehead atoms. The lowest BCUT2D eigenvalue weighted by Crippen LogP contribution is -2.30. The van der Waals surface area contributed by atoms with Gasteiger partial charge in [-0.05, 0) is 24.7 Å². The molecule has 0 saturated carbocycles. The molecule has 0 unspecified atom stereocenters. The molecule has 1 rings (SSSR count). The van der Waals surface area contributed by atoms with Crippen molar-refractivity contribution in [3.8, 4) is 5.75 Å². The fourth-order valence-electron chi connectivity index (χ4n) is 1.34. The lowest BCUT2D eigenvalue weighted by Gasteiger charge is -2.14. The van der Waals surface area contributed by atoms with Crippen LogP contribution >= 0.6 is 0 Å². The lowest BCUT2D eigenvalue weighted by atomic mass is 10.2. The average Bonchev–Trinajstić information content (AvgIpc) is 2.10. The number of anilines is 1. The molecule has 0 radical (unpaired) electrons. The monoisotopic (exact) mass is 209 g/mol. The third-order valence-electron chi connectivity index (χ3n) is 1.97. The van der Waals surface area contributed by atoms with Gasteiger partial charge in [-0.25, -0.2) is 0 Å². The molecule has 0 heterocycles. The first kappa shape index (κ1) is 11.3. The molecule has 0 aliphatic rings. The molecule has 0 saturated heterocycles. The quantitative estimate of drug-likeness (QED) is 0.476. The number of nitrogens with two attached hydrogens (primary N) is 2. The van der Waals surface area contributed by atoms with Gasteiger partial charge in [0.25, 0.3) is 0 Å². The zero-order chi connectivity index (χ0) is 11.4. The van der Waals surface area contributed by atoms with Crippen molar-refractivity contribution in [2.45, 2.75) is 6.54 Å². The van der Waals surface area contributed by atoms with E-state index in [-0.39, 0.29) is 18.2 Å². The number of nitrogens with zero attached hydrogens (tertiary/aromatic N) is 1. The Kier molecular flexibility index (Phi) is 3.51. The number of benzene rings is 1. The number of phenols is 1. The minimum atomic E-state index is -0.371. The highest BCUT2D eigenvalue weighted by molar-refractivity contribution is 5.75. The van der Waals surface area contributed by atoms with Crippen molar-refractivity contribution in [2.24, 2.45) is 5.73 Å². The van der Waals surface area contributed by atoms with Crippen molar-refractivity contribution in [3.63, 3.8) is 0 Å². The lowest BCUT2D eigenvalue weighted by molar-refractivity contribution is -0.118. The van der Waals surface area contributed by atoms with Gasteiger partial charge in [0.1, 0.15) is 5.75 Å². The van der Waals surface area contributed by atoms with Gasteiger partial charge in [-0.2, -0.15) is 0 Å². The van der Waals surface area contributed by atoms with Crippen molar-refractivity contribution >= 4 is 11.6 Å². The summed E-state index contributed by atoms with van der Waals surface area (Å²) < 4.78 is 0. The molecule has 15 heavy (non-hydrogen) atoms. The van der Waals surface area contributed by atoms with Crippen molar-refractivity contribution in [2.75, 3.05) is 19.3 Å². The van der Waals surface area contributed by atoms with E-state index in [4.69, 9.17) is 11.5 Å². The number of hydrogen-bond acceptors (Lipinski definition) is 4. The van der Waals surface area contributed by atoms with Gasteiger partial charge >= 0.3 is 0 Å². The molecule has 5 heteroatoms. The number of primary amides is 1. The molecule has 0 aliphatic heterocycles. The van der Waals surface area contributed by atoms with Crippen LogP contribution in [0.2, 0.25) is 0 Å². The summed E-state index contributed by atoms with van der Waals surface area (Å²) in [5, 5.41) is 9.21. The van der Waals surface area contributed by atoms with E-state index in [1.165, 1.54) is 6.07 Å². The molecule has 5 nitrogen and oxygen atoms in total. The Bertz CT molecular complexity index is 366. The van der Waals surface area contributed by atoms with Gasteiger partial charge < -0.3 is 16.6 Å². The molecular weight excluding hydrogens is 194 g/mol. The van der Waals surface area contributed by atoms with Crippen LogP contribution in [0.5, 0.6) is 5.75 Å². The second kappa shape index (κ2) is 4.65. The first-order valence-corrected chi connectivity index (χ1v) is 4.53. The highest BCUT2D eigenvalue weighted by Gasteiger charge is 2.05. The van der Waals surface area contributed by atoms with E-state index in [2.05, 4.69) is 0 Å². The molecule has 82 valence electrons. The van der Waals surface area contributed by atoms with Gasteiger partial charge in [0.05, 0.1) is 12.2 Å². The summed E-state index contributed by atoms with van der Waals surface area (Å²) in [5.41, 5.74) is 11.9. The summed E-state index contributed by atoms with van der Waals surface area (Å²) in [7, 11) is 1.79. The van der Waals surface area contributed by atoms with E-state index in [0.29, 0.717) is 12.2 Å². The third-order valence-corrected chi connectivity index (χ3v) is 1.97. The molecule has 1 aromatic carbocycles. The van der Waals surface area contributed by atoms with E-state index in [1.54, 1.807) is 24.1 Å². The average molecular weight is 209 g/mol. The smallest absolute Gasteiger partial charge is 0.231 e. The SMILES string of the molecule is CN(CC(N)=O)Cc1ccc(O)c(N)c1. The Hall–Kier alpha value is -1.75. The third kappa shape index (κ3) is 3.47. The second-order valence-corrected chi connectivity index (χ2v) is 3.53. The molecule has 0 aromatic heterocycles. The predicted molar refractivity (Wildman–Crippen MR) is 58.0 cm³/mol. The Labute approximate surface area is 88.3 Å². The van der Waals surface area contributed by atoms with E-state index in [1.807, 2.05) is 0 Å². The summed E-state index contributed by atoms with van der Waals surface area (Å²) in [6.07, 6.45) is 0. The Morgan fingerprint density at radius 2 is 2.20 bits per heavy atom. The van der Waals surface area contributed by atoms with Crippen molar-refractivity contribution in [1.82, 2.24) is 4.90 Å². The molecule has 5 N–H and O–H groups in total. The summed E-state index contributed by atoms with van der Waals surface area (Å²) in [5.74, 6) is -0.305. The summed E-state index contributed by atoms with van der Waals surface area (Å²) in [4.78, 5) is 12.4. The van der Waals surface area contributed by atoms with Gasteiger partial charge in [-0.3, -0.25) is 9.69 Å². The maximum atomic E-state index is 10.6. The van der Waals surface area contributed by atoms with E-state index in [0.717, 1.165) is 5.56 Å². The number of likely N-dealkylation sites (N-methyl/N-ethyl adjacent to an activating group) is 1. The van der Waals surface area contributed by atoms with Crippen LogP contribution in [-0.4, -0.2) is 29.5 Å².